The molecule has 0 fully saturated rings. The zero-order chi connectivity index (χ0) is 35.1. The second kappa shape index (κ2) is 14.8. The number of benzene rings is 4. The number of rotatable bonds is 13. The maximum Gasteiger partial charge on any atom is 0.416 e. The van der Waals surface area contributed by atoms with E-state index in [0.717, 1.165) is 12.1 Å². The third kappa shape index (κ3) is 8.46. The van der Waals surface area contributed by atoms with Crippen LogP contribution in [0.4, 0.5) is 13.2 Å². The van der Waals surface area contributed by atoms with Gasteiger partial charge in [-0.25, -0.2) is 4.98 Å². The van der Waals surface area contributed by atoms with E-state index in [-0.39, 0.29) is 30.1 Å². The van der Waals surface area contributed by atoms with Crippen LogP contribution in [0.2, 0.25) is 0 Å². The molecule has 5 aromatic rings. The van der Waals surface area contributed by atoms with Crippen molar-refractivity contribution in [3.63, 3.8) is 0 Å². The first kappa shape index (κ1) is 34.3. The predicted molar refractivity (Wildman–Crippen MR) is 178 cm³/mol. The van der Waals surface area contributed by atoms with Crippen LogP contribution in [-0.4, -0.2) is 41.0 Å². The fourth-order valence-corrected chi connectivity index (χ4v) is 5.30. The molecule has 0 radical (unpaired) electrons. The van der Waals surface area contributed by atoms with Crippen molar-refractivity contribution in [3.8, 4) is 28.6 Å². The molecule has 4 aromatic carbocycles. The van der Waals surface area contributed by atoms with Crippen molar-refractivity contribution in [3.05, 3.63) is 108 Å². The number of imidazole rings is 1. The van der Waals surface area contributed by atoms with Gasteiger partial charge in [0.2, 0.25) is 5.91 Å². The first-order valence-corrected chi connectivity index (χ1v) is 15.2. The molecule has 0 saturated carbocycles. The molecule has 1 aromatic heterocycles. The molecule has 7 N–H and O–H groups in total. The maximum atomic E-state index is 13.2. The molecule has 5 rings (SSSR count). The Balaban J connectivity index is 1.48. The van der Waals surface area contributed by atoms with Crippen LogP contribution in [0.5, 0.6) is 17.2 Å². The van der Waals surface area contributed by atoms with E-state index in [1.807, 2.05) is 0 Å². The van der Waals surface area contributed by atoms with Crippen LogP contribution >= 0.6 is 0 Å². The summed E-state index contributed by atoms with van der Waals surface area (Å²) < 4.78 is 52.5. The summed E-state index contributed by atoms with van der Waals surface area (Å²) in [5.74, 6) is 0.799. The van der Waals surface area contributed by atoms with Crippen molar-refractivity contribution in [1.82, 2.24) is 20.2 Å². The summed E-state index contributed by atoms with van der Waals surface area (Å²) in [6.45, 7) is 0.210. The van der Waals surface area contributed by atoms with E-state index in [2.05, 4.69) is 10.6 Å². The third-order valence-corrected chi connectivity index (χ3v) is 7.66. The molecule has 11 nitrogen and oxygen atoms in total. The lowest BCUT2D eigenvalue weighted by Gasteiger charge is -2.20. The minimum atomic E-state index is -4.50. The van der Waals surface area contributed by atoms with Crippen LogP contribution < -0.4 is 31.6 Å². The molecule has 14 heteroatoms. The number of hydrogen-bond donors (Lipinski definition) is 5. The van der Waals surface area contributed by atoms with Gasteiger partial charge in [-0.05, 0) is 85.1 Å². The van der Waals surface area contributed by atoms with Gasteiger partial charge in [0.15, 0.2) is 5.96 Å². The van der Waals surface area contributed by atoms with E-state index in [0.29, 0.717) is 52.6 Å². The number of primary amides is 1. The molecule has 0 unspecified atom stereocenters. The largest absolute Gasteiger partial charge is 0.497 e. The van der Waals surface area contributed by atoms with Crippen LogP contribution in [0.25, 0.3) is 22.4 Å². The van der Waals surface area contributed by atoms with Crippen molar-refractivity contribution < 1.29 is 32.2 Å². The Morgan fingerprint density at radius 2 is 1.65 bits per heavy atom. The number of halogens is 3. The average molecular weight is 674 g/mol. The number of nitrogens with two attached hydrogens (primary N) is 2. The highest BCUT2D eigenvalue weighted by Crippen LogP contribution is 2.34. The van der Waals surface area contributed by atoms with Crippen molar-refractivity contribution >= 4 is 28.8 Å². The lowest BCUT2D eigenvalue weighted by Crippen LogP contribution is -2.32. The number of nitrogens with zero attached hydrogens (tertiary/aromatic N) is 2. The highest BCUT2D eigenvalue weighted by molar-refractivity contribution is 5.98. The van der Waals surface area contributed by atoms with Gasteiger partial charge in [-0.15, -0.1) is 0 Å². The maximum absolute atomic E-state index is 13.2. The summed E-state index contributed by atoms with van der Waals surface area (Å²) in [6, 6.07) is 22.8. The number of hydrogen-bond acceptors (Lipinski definition) is 6. The normalized spacial score (nSPS) is 11.9. The van der Waals surface area contributed by atoms with Crippen LogP contribution in [0.15, 0.2) is 91.0 Å². The van der Waals surface area contributed by atoms with Gasteiger partial charge in [-0.1, -0.05) is 24.3 Å². The molecule has 1 heterocycles. The molecule has 0 aliphatic rings. The van der Waals surface area contributed by atoms with Gasteiger partial charge in [-0.3, -0.25) is 15.0 Å². The third-order valence-electron chi connectivity index (χ3n) is 7.66. The van der Waals surface area contributed by atoms with E-state index in [1.165, 1.54) is 12.1 Å². The Morgan fingerprint density at radius 1 is 0.918 bits per heavy atom. The number of ether oxygens (including phenoxy) is 2. The van der Waals surface area contributed by atoms with Gasteiger partial charge in [0.05, 0.1) is 23.7 Å². The number of guanidine groups is 1. The topological polar surface area (TPSA) is 170 Å². The number of alkyl halides is 3. The monoisotopic (exact) mass is 673 g/mol. The molecule has 0 spiro atoms. The van der Waals surface area contributed by atoms with Crippen molar-refractivity contribution in [2.45, 2.75) is 31.6 Å². The van der Waals surface area contributed by atoms with Gasteiger partial charge < -0.3 is 36.1 Å². The fraction of sp³-hybridized carbons (Fsp3) is 0.200. The average Bonchev–Trinajstić information content (AvgIpc) is 3.45. The molecule has 254 valence electrons. The van der Waals surface area contributed by atoms with Gasteiger partial charge >= 0.3 is 6.18 Å². The molecule has 0 aliphatic heterocycles. The van der Waals surface area contributed by atoms with Gasteiger partial charge in [0.1, 0.15) is 29.1 Å². The Morgan fingerprint density at radius 3 is 2.35 bits per heavy atom. The summed E-state index contributed by atoms with van der Waals surface area (Å²) in [5, 5.41) is 12.8. The van der Waals surface area contributed by atoms with Crippen LogP contribution in [0.3, 0.4) is 0 Å². The zero-order valence-corrected chi connectivity index (χ0v) is 26.4. The second-order valence-corrected chi connectivity index (χ2v) is 11.1. The van der Waals surface area contributed by atoms with Gasteiger partial charge in [0, 0.05) is 24.2 Å². The number of fused-ring (bicyclic) bond motifs is 1. The van der Waals surface area contributed by atoms with E-state index >= 15 is 0 Å². The zero-order valence-electron chi connectivity index (χ0n) is 26.4. The highest BCUT2D eigenvalue weighted by Gasteiger charge is 2.30. The lowest BCUT2D eigenvalue weighted by atomic mass is 10.1. The molecular formula is C35H34F3N7O4. The van der Waals surface area contributed by atoms with E-state index < -0.39 is 29.6 Å². The van der Waals surface area contributed by atoms with E-state index in [9.17, 15) is 22.8 Å². The van der Waals surface area contributed by atoms with Crippen LogP contribution in [0.1, 0.15) is 40.4 Å². The molecule has 1 atom stereocenters. The minimum Gasteiger partial charge on any atom is -0.497 e. The number of nitrogens with one attached hydrogen (secondary N) is 3. The molecule has 0 aliphatic carbocycles. The van der Waals surface area contributed by atoms with Crippen molar-refractivity contribution in [1.29, 1.82) is 5.41 Å². The molecule has 0 saturated heterocycles. The van der Waals surface area contributed by atoms with Crippen molar-refractivity contribution in [2.24, 2.45) is 11.5 Å². The number of aromatic nitrogens is 2. The summed E-state index contributed by atoms with van der Waals surface area (Å²) in [7, 11) is 1.57. The summed E-state index contributed by atoms with van der Waals surface area (Å²) >= 11 is 0. The first-order chi connectivity index (χ1) is 23.4. The Bertz CT molecular complexity index is 1980. The molecule has 0 bridgehead atoms. The Kier molecular flexibility index (Phi) is 10.4. The number of carbonyl (C=O) groups is 2. The second-order valence-electron chi connectivity index (χ2n) is 11.1. The fourth-order valence-electron chi connectivity index (χ4n) is 5.30. The molecule has 2 amide bonds. The van der Waals surface area contributed by atoms with Crippen LogP contribution in [0, 0.1) is 5.41 Å². The van der Waals surface area contributed by atoms with Gasteiger partial charge in [-0.2, -0.15) is 13.2 Å². The smallest absolute Gasteiger partial charge is 0.416 e. The van der Waals surface area contributed by atoms with Crippen molar-refractivity contribution in [2.75, 3.05) is 13.7 Å². The quantitative estimate of drug-likeness (QED) is 0.0603. The standard InChI is InChI=1S/C35H34F3N7O4/c1-48-25-11-13-26(14-12-25)49-27-8-3-6-22(18-27)32-44-28-19-23(33(47)43-20-21-5-2-7-24(17-21)35(36,37)38)10-15-29(28)45(32)30(31(39)46)9-4-16-42-34(40)41/h2-3,5-8,10-15,17-19,30H,4,9,16,20H2,1H3,(H2,39,46)(H,43,47)(H4,40,41,42)/t30-/m0/s1. The lowest BCUT2D eigenvalue weighted by molar-refractivity contribution is -0.137. The van der Waals surface area contributed by atoms with E-state index in [4.69, 9.17) is 31.3 Å². The number of carbonyl (C=O) groups excluding carboxylic acids is 2. The summed E-state index contributed by atoms with van der Waals surface area (Å²) in [6.07, 6.45) is -3.77. The Labute approximate surface area is 279 Å². The summed E-state index contributed by atoms with van der Waals surface area (Å²) in [4.78, 5) is 30.9. The minimum absolute atomic E-state index is 0.125. The highest BCUT2D eigenvalue weighted by atomic mass is 19.4. The SMILES string of the molecule is COc1ccc(Oc2cccc(-c3nc4cc(C(=O)NCc5cccc(C(F)(F)F)c5)ccc4n3[C@@H](CCCNC(=N)N)C(N)=O)c2)cc1. The number of methoxy groups -OCH3 is 1. The summed E-state index contributed by atoms with van der Waals surface area (Å²) in [5.41, 5.74) is 12.5. The van der Waals surface area contributed by atoms with Crippen LogP contribution in [-0.2, 0) is 17.5 Å². The Hall–Kier alpha value is -6.05. The van der Waals surface area contributed by atoms with E-state index in [1.54, 1.807) is 78.4 Å². The molecule has 49 heavy (non-hydrogen) atoms. The predicted octanol–water partition coefficient (Wildman–Crippen LogP) is 5.74. The molecular weight excluding hydrogens is 639 g/mol. The first-order valence-electron chi connectivity index (χ1n) is 15.2. The number of amides is 2. The van der Waals surface area contributed by atoms with Gasteiger partial charge in [0.25, 0.3) is 5.91 Å².